The summed E-state index contributed by atoms with van der Waals surface area (Å²) >= 11 is 7.78. The molecule has 1 aromatic rings. The van der Waals surface area contributed by atoms with Gasteiger partial charge in [-0.1, -0.05) is 31.5 Å². The van der Waals surface area contributed by atoms with Gasteiger partial charge < -0.3 is 10.2 Å². The number of benzene rings is 1. The molecule has 0 fully saturated rings. The van der Waals surface area contributed by atoms with Gasteiger partial charge in [0.25, 0.3) is 0 Å². The molecule has 0 unspecified atom stereocenters. The molecule has 0 amide bonds. The summed E-state index contributed by atoms with van der Waals surface area (Å²) in [6.45, 7) is 9.92. The number of nitrogens with one attached hydrogen (secondary N) is 1. The average Bonchev–Trinajstić information content (AvgIpc) is 2.38. The number of halogens is 1. The lowest BCUT2D eigenvalue weighted by atomic mass is 10.4. The molecule has 4 heteroatoms. The van der Waals surface area contributed by atoms with Crippen molar-refractivity contribution >= 4 is 23.4 Å². The van der Waals surface area contributed by atoms with Gasteiger partial charge in [0.15, 0.2) is 0 Å². The summed E-state index contributed by atoms with van der Waals surface area (Å²) in [7, 11) is 0. The van der Waals surface area contributed by atoms with Gasteiger partial charge in [-0.2, -0.15) is 0 Å². The molecule has 18 heavy (non-hydrogen) atoms. The Morgan fingerprint density at radius 2 is 2.00 bits per heavy atom. The second kappa shape index (κ2) is 9.68. The topological polar surface area (TPSA) is 15.3 Å². The first-order valence-electron chi connectivity index (χ1n) is 6.57. The Morgan fingerprint density at radius 1 is 1.22 bits per heavy atom. The van der Waals surface area contributed by atoms with E-state index in [0.717, 1.165) is 43.5 Å². The Morgan fingerprint density at radius 3 is 2.67 bits per heavy atom. The van der Waals surface area contributed by atoms with E-state index in [1.807, 2.05) is 30.0 Å². The first-order valence-corrected chi connectivity index (χ1v) is 7.94. The number of hydrogen-bond donors (Lipinski definition) is 1. The molecule has 0 aliphatic rings. The number of likely N-dealkylation sites (N-methyl/N-ethyl adjacent to an activating group) is 1. The van der Waals surface area contributed by atoms with E-state index in [2.05, 4.69) is 30.1 Å². The smallest absolute Gasteiger partial charge is 0.0417 e. The van der Waals surface area contributed by atoms with Crippen LogP contribution in [0.3, 0.4) is 0 Å². The predicted octanol–water partition coefficient (Wildman–Crippen LogP) is 3.36. The van der Waals surface area contributed by atoms with Gasteiger partial charge in [0.05, 0.1) is 0 Å². The zero-order valence-corrected chi connectivity index (χ0v) is 12.9. The van der Waals surface area contributed by atoms with Crippen LogP contribution >= 0.6 is 23.4 Å². The summed E-state index contributed by atoms with van der Waals surface area (Å²) in [6, 6.07) is 8.03. The van der Waals surface area contributed by atoms with E-state index in [9.17, 15) is 0 Å². The van der Waals surface area contributed by atoms with Crippen LogP contribution in [0.2, 0.25) is 5.02 Å². The van der Waals surface area contributed by atoms with Crippen LogP contribution in [0.5, 0.6) is 0 Å². The Balaban J connectivity index is 2.05. The van der Waals surface area contributed by atoms with Crippen molar-refractivity contribution < 1.29 is 0 Å². The van der Waals surface area contributed by atoms with Crippen molar-refractivity contribution in [1.29, 1.82) is 0 Å². The quantitative estimate of drug-likeness (QED) is 0.553. The molecule has 0 heterocycles. The van der Waals surface area contributed by atoms with Crippen molar-refractivity contribution in [1.82, 2.24) is 10.2 Å². The fourth-order valence-electron chi connectivity index (χ4n) is 1.70. The van der Waals surface area contributed by atoms with Gasteiger partial charge in [-0.25, -0.2) is 0 Å². The molecular formula is C14H23ClN2S. The Kier molecular flexibility index (Phi) is 8.51. The van der Waals surface area contributed by atoms with Gasteiger partial charge in [-0.15, -0.1) is 11.8 Å². The normalized spacial score (nSPS) is 11.1. The highest BCUT2D eigenvalue weighted by Gasteiger charge is 1.98. The maximum absolute atomic E-state index is 5.94. The van der Waals surface area contributed by atoms with Crippen LogP contribution in [0, 0.1) is 0 Å². The third-order valence-electron chi connectivity index (χ3n) is 2.84. The number of rotatable bonds is 9. The third kappa shape index (κ3) is 6.64. The van der Waals surface area contributed by atoms with E-state index in [4.69, 9.17) is 11.6 Å². The van der Waals surface area contributed by atoms with Gasteiger partial charge in [-0.05, 0) is 31.3 Å². The minimum atomic E-state index is 0.814. The minimum Gasteiger partial charge on any atom is -0.315 e. The van der Waals surface area contributed by atoms with E-state index in [1.54, 1.807) is 0 Å². The average molecular weight is 287 g/mol. The minimum absolute atomic E-state index is 0.814. The highest BCUT2D eigenvalue weighted by Crippen LogP contribution is 2.20. The van der Waals surface area contributed by atoms with Crippen molar-refractivity contribution in [2.75, 3.05) is 38.5 Å². The largest absolute Gasteiger partial charge is 0.315 e. The molecule has 0 aromatic heterocycles. The highest BCUT2D eigenvalue weighted by atomic mass is 35.5. The van der Waals surface area contributed by atoms with Crippen molar-refractivity contribution in [2.24, 2.45) is 0 Å². The fraction of sp³-hybridized carbons (Fsp3) is 0.571. The van der Waals surface area contributed by atoms with E-state index < -0.39 is 0 Å². The molecule has 0 spiro atoms. The molecule has 0 aliphatic carbocycles. The Labute approximate surface area is 120 Å². The molecule has 102 valence electrons. The molecule has 0 saturated carbocycles. The van der Waals surface area contributed by atoms with Gasteiger partial charge in [0, 0.05) is 35.3 Å². The molecule has 1 aromatic carbocycles. The lowest BCUT2D eigenvalue weighted by Gasteiger charge is -2.17. The first kappa shape index (κ1) is 15.8. The second-order valence-corrected chi connectivity index (χ2v) is 5.69. The van der Waals surface area contributed by atoms with E-state index in [-0.39, 0.29) is 0 Å². The van der Waals surface area contributed by atoms with Crippen molar-refractivity contribution in [3.8, 4) is 0 Å². The Hall–Kier alpha value is -0.220. The van der Waals surface area contributed by atoms with Crippen molar-refractivity contribution in [2.45, 2.75) is 18.7 Å². The van der Waals surface area contributed by atoms with Crippen LogP contribution in [0.15, 0.2) is 29.2 Å². The SMILES string of the molecule is CCN(CC)CCNCCSc1cccc(Cl)c1. The summed E-state index contributed by atoms with van der Waals surface area (Å²) in [4.78, 5) is 3.67. The number of thioether (sulfide) groups is 1. The van der Waals surface area contributed by atoms with Crippen LogP contribution in [0.25, 0.3) is 0 Å². The van der Waals surface area contributed by atoms with Crippen molar-refractivity contribution in [3.05, 3.63) is 29.3 Å². The van der Waals surface area contributed by atoms with Gasteiger partial charge in [0.1, 0.15) is 0 Å². The van der Waals surface area contributed by atoms with Crippen LogP contribution < -0.4 is 5.32 Å². The Bertz CT molecular complexity index is 329. The summed E-state index contributed by atoms with van der Waals surface area (Å²) in [5.74, 6) is 1.08. The van der Waals surface area contributed by atoms with Crippen LogP contribution in [-0.4, -0.2) is 43.4 Å². The second-order valence-electron chi connectivity index (χ2n) is 4.08. The maximum atomic E-state index is 5.94. The maximum Gasteiger partial charge on any atom is 0.0417 e. The molecule has 0 aliphatic heterocycles. The summed E-state index contributed by atoms with van der Waals surface area (Å²) in [6.07, 6.45) is 0. The van der Waals surface area contributed by atoms with Crippen LogP contribution in [-0.2, 0) is 0 Å². The molecule has 1 rings (SSSR count). The number of hydrogen-bond acceptors (Lipinski definition) is 3. The third-order valence-corrected chi connectivity index (χ3v) is 4.07. The van der Waals surface area contributed by atoms with Crippen molar-refractivity contribution in [3.63, 3.8) is 0 Å². The molecule has 2 nitrogen and oxygen atoms in total. The van der Waals surface area contributed by atoms with E-state index in [0.29, 0.717) is 0 Å². The molecule has 1 N–H and O–H groups in total. The zero-order valence-electron chi connectivity index (χ0n) is 11.3. The molecule has 0 saturated heterocycles. The summed E-state index contributed by atoms with van der Waals surface area (Å²) in [5.41, 5.74) is 0. The van der Waals surface area contributed by atoms with Gasteiger partial charge in [-0.3, -0.25) is 0 Å². The lowest BCUT2D eigenvalue weighted by molar-refractivity contribution is 0.303. The van der Waals surface area contributed by atoms with Crippen LogP contribution in [0.1, 0.15) is 13.8 Å². The van der Waals surface area contributed by atoms with Gasteiger partial charge >= 0.3 is 0 Å². The monoisotopic (exact) mass is 286 g/mol. The summed E-state index contributed by atoms with van der Waals surface area (Å²) in [5, 5.41) is 4.29. The van der Waals surface area contributed by atoms with Crippen LogP contribution in [0.4, 0.5) is 0 Å². The fourth-order valence-corrected chi connectivity index (χ4v) is 2.82. The molecular weight excluding hydrogens is 264 g/mol. The van der Waals surface area contributed by atoms with E-state index in [1.165, 1.54) is 4.90 Å². The zero-order chi connectivity index (χ0) is 13.2. The molecule has 0 bridgehead atoms. The highest BCUT2D eigenvalue weighted by molar-refractivity contribution is 7.99. The lowest BCUT2D eigenvalue weighted by Crippen LogP contribution is -2.32. The number of nitrogens with zero attached hydrogens (tertiary/aromatic N) is 1. The molecule has 0 atom stereocenters. The molecule has 0 radical (unpaired) electrons. The standard InChI is InChI=1S/C14H23ClN2S/c1-3-17(4-2)10-8-16-9-11-18-14-7-5-6-13(15)12-14/h5-7,12,16H,3-4,8-11H2,1-2H3. The first-order chi connectivity index (χ1) is 8.76. The summed E-state index contributed by atoms with van der Waals surface area (Å²) < 4.78 is 0. The predicted molar refractivity (Wildman–Crippen MR) is 82.8 cm³/mol. The van der Waals surface area contributed by atoms with Gasteiger partial charge in [0.2, 0.25) is 0 Å². The van der Waals surface area contributed by atoms with E-state index >= 15 is 0 Å².